The van der Waals surface area contributed by atoms with Crippen LogP contribution in [0, 0.1) is 17.0 Å². The molecule has 0 bridgehead atoms. The molecule has 0 radical (unpaired) electrons. The van der Waals surface area contributed by atoms with E-state index in [0.717, 1.165) is 16.2 Å². The molecular weight excluding hydrogens is 370 g/mol. The molecule has 6 nitrogen and oxygen atoms in total. The number of benzene rings is 2. The average Bonchev–Trinajstić information content (AvgIpc) is 3.09. The molecule has 3 rings (SSSR count). The molecule has 0 unspecified atom stereocenters. The Morgan fingerprint density at radius 2 is 1.88 bits per heavy atom. The van der Waals surface area contributed by atoms with Crippen molar-refractivity contribution < 1.29 is 9.72 Å². The van der Waals surface area contributed by atoms with Gasteiger partial charge in [0.15, 0.2) is 5.13 Å². The Kier molecular flexibility index (Phi) is 5.65. The zero-order valence-electron chi connectivity index (χ0n) is 13.8. The molecule has 132 valence electrons. The van der Waals surface area contributed by atoms with E-state index in [1.54, 1.807) is 12.1 Å². The van der Waals surface area contributed by atoms with Crippen molar-refractivity contribution >= 4 is 39.8 Å². The lowest BCUT2D eigenvalue weighted by Gasteiger charge is -2.02. The molecule has 1 aromatic heterocycles. The molecule has 0 aliphatic rings. The molecular formula is C18H15N3O3S2. The summed E-state index contributed by atoms with van der Waals surface area (Å²) in [6.07, 6.45) is 0. The van der Waals surface area contributed by atoms with Crippen LogP contribution in [0.1, 0.15) is 5.56 Å². The van der Waals surface area contributed by atoms with Crippen molar-refractivity contribution in [2.75, 3.05) is 11.1 Å². The second kappa shape index (κ2) is 8.11. The highest BCUT2D eigenvalue weighted by molar-refractivity contribution is 8.00. The normalized spacial score (nSPS) is 10.5. The minimum Gasteiger partial charge on any atom is -0.301 e. The summed E-state index contributed by atoms with van der Waals surface area (Å²) >= 11 is 2.69. The van der Waals surface area contributed by atoms with Crippen molar-refractivity contribution in [3.05, 3.63) is 69.6 Å². The van der Waals surface area contributed by atoms with Crippen LogP contribution < -0.4 is 5.32 Å². The Labute approximate surface area is 158 Å². The number of nitrogens with one attached hydrogen (secondary N) is 1. The number of thiazole rings is 1. The van der Waals surface area contributed by atoms with Crippen LogP contribution in [0.3, 0.4) is 0 Å². The van der Waals surface area contributed by atoms with E-state index in [-0.39, 0.29) is 17.3 Å². The van der Waals surface area contributed by atoms with Gasteiger partial charge < -0.3 is 5.32 Å². The SMILES string of the molecule is Cc1ccc(-c2csc(NC(=O)CSc3ccc([N+](=O)[O-])cc3)n2)cc1. The van der Waals surface area contributed by atoms with Gasteiger partial charge in [-0.05, 0) is 19.1 Å². The van der Waals surface area contributed by atoms with Crippen LogP contribution >= 0.6 is 23.1 Å². The Morgan fingerprint density at radius 3 is 2.54 bits per heavy atom. The zero-order valence-corrected chi connectivity index (χ0v) is 15.5. The Balaban J connectivity index is 1.55. The monoisotopic (exact) mass is 385 g/mol. The molecule has 0 aliphatic heterocycles. The summed E-state index contributed by atoms with van der Waals surface area (Å²) in [5, 5.41) is 15.9. The number of hydrogen-bond donors (Lipinski definition) is 1. The zero-order chi connectivity index (χ0) is 18.5. The molecule has 1 heterocycles. The van der Waals surface area contributed by atoms with Crippen molar-refractivity contribution in [1.29, 1.82) is 0 Å². The van der Waals surface area contributed by atoms with Crippen LogP contribution in [0.25, 0.3) is 11.3 Å². The quantitative estimate of drug-likeness (QED) is 0.376. The fourth-order valence-electron chi connectivity index (χ4n) is 2.16. The summed E-state index contributed by atoms with van der Waals surface area (Å²) in [7, 11) is 0. The third-order valence-electron chi connectivity index (χ3n) is 3.52. The Bertz CT molecular complexity index is 922. The lowest BCUT2D eigenvalue weighted by molar-refractivity contribution is -0.384. The summed E-state index contributed by atoms with van der Waals surface area (Å²) in [6, 6.07) is 14.2. The molecule has 2 aromatic carbocycles. The summed E-state index contributed by atoms with van der Waals surface area (Å²) in [5.74, 6) is 0.0372. The van der Waals surface area contributed by atoms with Gasteiger partial charge in [0.2, 0.25) is 5.91 Å². The van der Waals surface area contributed by atoms with Gasteiger partial charge in [0, 0.05) is 28.0 Å². The number of thioether (sulfide) groups is 1. The van der Waals surface area contributed by atoms with E-state index < -0.39 is 4.92 Å². The molecule has 8 heteroatoms. The Hall–Kier alpha value is -2.71. The average molecular weight is 385 g/mol. The number of nitrogens with zero attached hydrogens (tertiary/aromatic N) is 2. The number of nitro groups is 1. The van der Waals surface area contributed by atoms with Crippen molar-refractivity contribution in [1.82, 2.24) is 4.98 Å². The van der Waals surface area contributed by atoms with E-state index in [1.807, 2.05) is 36.6 Å². The smallest absolute Gasteiger partial charge is 0.269 e. The summed E-state index contributed by atoms with van der Waals surface area (Å²) < 4.78 is 0. The Morgan fingerprint density at radius 1 is 1.19 bits per heavy atom. The molecule has 26 heavy (non-hydrogen) atoms. The van der Waals surface area contributed by atoms with E-state index in [0.29, 0.717) is 5.13 Å². The maximum Gasteiger partial charge on any atom is 0.269 e. The highest BCUT2D eigenvalue weighted by Crippen LogP contribution is 2.26. The van der Waals surface area contributed by atoms with Crippen LogP contribution in [-0.2, 0) is 4.79 Å². The maximum atomic E-state index is 12.1. The molecule has 1 N–H and O–H groups in total. The molecule has 0 fully saturated rings. The van der Waals surface area contributed by atoms with Crippen LogP contribution in [0.4, 0.5) is 10.8 Å². The predicted molar refractivity (Wildman–Crippen MR) is 105 cm³/mol. The van der Waals surface area contributed by atoms with Crippen LogP contribution in [-0.4, -0.2) is 21.6 Å². The highest BCUT2D eigenvalue weighted by atomic mass is 32.2. The third kappa shape index (κ3) is 4.68. The number of carbonyl (C=O) groups excluding carboxylic acids is 1. The minimum absolute atomic E-state index is 0.0326. The number of hydrogen-bond acceptors (Lipinski definition) is 6. The standard InChI is InChI=1S/C18H15N3O3S2/c1-12-2-4-13(5-3-12)16-10-26-18(19-16)20-17(22)11-25-15-8-6-14(7-9-15)21(23)24/h2-10H,11H2,1H3,(H,19,20,22). The van der Waals surface area contributed by atoms with E-state index >= 15 is 0 Å². The molecule has 0 saturated carbocycles. The molecule has 0 saturated heterocycles. The lowest BCUT2D eigenvalue weighted by atomic mass is 10.1. The lowest BCUT2D eigenvalue weighted by Crippen LogP contribution is -2.13. The number of aromatic nitrogens is 1. The fraction of sp³-hybridized carbons (Fsp3) is 0.111. The molecule has 3 aromatic rings. The van der Waals surface area contributed by atoms with Crippen molar-refractivity contribution in [2.45, 2.75) is 11.8 Å². The first-order valence-corrected chi connectivity index (χ1v) is 9.57. The van der Waals surface area contributed by atoms with Gasteiger partial charge in [-0.1, -0.05) is 29.8 Å². The van der Waals surface area contributed by atoms with Gasteiger partial charge in [0.25, 0.3) is 5.69 Å². The van der Waals surface area contributed by atoms with Gasteiger partial charge in [0.05, 0.1) is 16.4 Å². The summed E-state index contributed by atoms with van der Waals surface area (Å²) in [4.78, 5) is 27.5. The molecule has 0 atom stereocenters. The van der Waals surface area contributed by atoms with E-state index in [1.165, 1.54) is 40.8 Å². The van der Waals surface area contributed by atoms with Crippen molar-refractivity contribution in [2.24, 2.45) is 0 Å². The topological polar surface area (TPSA) is 85.1 Å². The fourth-order valence-corrected chi connectivity index (χ4v) is 3.59. The van der Waals surface area contributed by atoms with E-state index in [9.17, 15) is 14.9 Å². The van der Waals surface area contributed by atoms with Gasteiger partial charge in [0.1, 0.15) is 0 Å². The highest BCUT2D eigenvalue weighted by Gasteiger charge is 2.10. The predicted octanol–water partition coefficient (Wildman–Crippen LogP) is 4.76. The number of amides is 1. The molecule has 0 aliphatic carbocycles. The maximum absolute atomic E-state index is 12.1. The largest absolute Gasteiger partial charge is 0.301 e. The van der Waals surface area contributed by atoms with Crippen LogP contribution in [0.2, 0.25) is 0 Å². The molecule has 0 spiro atoms. The van der Waals surface area contributed by atoms with E-state index in [4.69, 9.17) is 0 Å². The first-order chi connectivity index (χ1) is 12.5. The van der Waals surface area contributed by atoms with Gasteiger partial charge in [-0.3, -0.25) is 14.9 Å². The van der Waals surface area contributed by atoms with Gasteiger partial charge >= 0.3 is 0 Å². The van der Waals surface area contributed by atoms with Gasteiger partial charge in [-0.15, -0.1) is 23.1 Å². The van der Waals surface area contributed by atoms with Gasteiger partial charge in [-0.25, -0.2) is 4.98 Å². The minimum atomic E-state index is -0.449. The number of non-ortho nitro benzene ring substituents is 1. The van der Waals surface area contributed by atoms with Crippen molar-refractivity contribution in [3.63, 3.8) is 0 Å². The summed E-state index contributed by atoms with van der Waals surface area (Å²) in [6.45, 7) is 2.03. The number of aryl methyl sites for hydroxylation is 1. The second-order valence-corrected chi connectivity index (χ2v) is 7.40. The van der Waals surface area contributed by atoms with Crippen molar-refractivity contribution in [3.8, 4) is 11.3 Å². The van der Waals surface area contributed by atoms with Crippen LogP contribution in [0.15, 0.2) is 58.8 Å². The first kappa shape index (κ1) is 18.1. The third-order valence-corrected chi connectivity index (χ3v) is 5.29. The van der Waals surface area contributed by atoms with Gasteiger partial charge in [-0.2, -0.15) is 0 Å². The summed E-state index contributed by atoms with van der Waals surface area (Å²) in [5.41, 5.74) is 3.05. The number of rotatable bonds is 6. The second-order valence-electron chi connectivity index (χ2n) is 5.49. The molecule has 1 amide bonds. The first-order valence-electron chi connectivity index (χ1n) is 7.71. The van der Waals surface area contributed by atoms with Crippen LogP contribution in [0.5, 0.6) is 0 Å². The van der Waals surface area contributed by atoms with E-state index in [2.05, 4.69) is 10.3 Å². The number of nitro benzene ring substituents is 1. The number of carbonyl (C=O) groups is 1. The number of anilines is 1.